The van der Waals surface area contributed by atoms with E-state index in [4.69, 9.17) is 0 Å². The van der Waals surface area contributed by atoms with Crippen LogP contribution in [0.5, 0.6) is 0 Å². The third-order valence-corrected chi connectivity index (χ3v) is 8.24. The number of hydrogen-bond acceptors (Lipinski definition) is 4. The van der Waals surface area contributed by atoms with Gasteiger partial charge in [-0.3, -0.25) is 4.98 Å². The summed E-state index contributed by atoms with van der Waals surface area (Å²) in [5, 5.41) is 3.16. The van der Waals surface area contributed by atoms with Gasteiger partial charge in [0, 0.05) is 36.1 Å². The summed E-state index contributed by atoms with van der Waals surface area (Å²) in [5.74, 6) is 2.40. The molecule has 6 heteroatoms. The van der Waals surface area contributed by atoms with E-state index in [2.05, 4.69) is 22.4 Å². The average Bonchev–Trinajstić information content (AvgIpc) is 3.13. The summed E-state index contributed by atoms with van der Waals surface area (Å²) in [6.45, 7) is 0.798. The van der Waals surface area contributed by atoms with Crippen molar-refractivity contribution >= 4 is 35.2 Å². The molecule has 3 heterocycles. The monoisotopic (exact) mass is 399 g/mol. The molecule has 0 saturated carbocycles. The van der Waals surface area contributed by atoms with Crippen LogP contribution in [0.3, 0.4) is 0 Å². The Kier molecular flexibility index (Phi) is 6.24. The molecule has 2 aromatic rings. The minimum Gasteiger partial charge on any atom is -0.317 e. The Balaban J connectivity index is 1.51. The maximum Gasteiger partial charge on any atom is 0.322 e. The van der Waals surface area contributed by atoms with E-state index < -0.39 is 0 Å². The third-order valence-electron chi connectivity index (χ3n) is 5.14. The Morgan fingerprint density at radius 2 is 1.85 bits per heavy atom. The van der Waals surface area contributed by atoms with Crippen molar-refractivity contribution in [3.05, 3.63) is 59.9 Å². The molecule has 2 aliphatic heterocycles. The van der Waals surface area contributed by atoms with Crippen molar-refractivity contribution in [2.75, 3.05) is 23.4 Å². The lowest BCUT2D eigenvalue weighted by atomic mass is 10.0. The van der Waals surface area contributed by atoms with Crippen LogP contribution in [-0.2, 0) is 0 Å². The Hall–Kier alpha value is -1.66. The van der Waals surface area contributed by atoms with Crippen LogP contribution in [-0.4, -0.2) is 34.0 Å². The molecule has 2 saturated heterocycles. The van der Waals surface area contributed by atoms with Crippen LogP contribution >= 0.6 is 23.5 Å². The van der Waals surface area contributed by atoms with Crippen molar-refractivity contribution in [1.82, 2.24) is 9.88 Å². The first-order valence-electron chi connectivity index (χ1n) is 9.62. The zero-order valence-corrected chi connectivity index (χ0v) is 17.0. The van der Waals surface area contributed by atoms with Crippen LogP contribution in [0.2, 0.25) is 0 Å². The molecule has 0 aliphatic carbocycles. The molecule has 1 aromatic carbocycles. The van der Waals surface area contributed by atoms with E-state index in [-0.39, 0.29) is 12.1 Å². The first kappa shape index (κ1) is 18.7. The van der Waals surface area contributed by atoms with Crippen molar-refractivity contribution in [3.8, 4) is 0 Å². The van der Waals surface area contributed by atoms with E-state index in [0.717, 1.165) is 31.5 Å². The molecular weight excluding hydrogens is 374 g/mol. The largest absolute Gasteiger partial charge is 0.322 e. The summed E-state index contributed by atoms with van der Waals surface area (Å²) < 4.78 is 0.490. The molecular formula is C21H25N3OS2. The van der Waals surface area contributed by atoms with Gasteiger partial charge in [0.2, 0.25) is 0 Å². The van der Waals surface area contributed by atoms with Gasteiger partial charge in [-0.2, -0.15) is 0 Å². The summed E-state index contributed by atoms with van der Waals surface area (Å²) in [6.07, 6.45) is 8.03. The summed E-state index contributed by atoms with van der Waals surface area (Å²) >= 11 is 3.97. The minimum absolute atomic E-state index is 0.00240. The molecule has 1 aromatic heterocycles. The zero-order valence-electron chi connectivity index (χ0n) is 15.3. The highest BCUT2D eigenvalue weighted by molar-refractivity contribution is 8.19. The van der Waals surface area contributed by atoms with Gasteiger partial charge in [-0.05, 0) is 48.2 Å². The number of carbonyl (C=O) groups is 1. The standard InChI is InChI=1S/C21H25N3OS2/c25-21(23-18-6-4-5-17(15-18)20-26-13-14-27-20)24-12-3-1-2-7-19(24)16-8-10-22-11-9-16/h4-6,8-11,15,19-20H,1-3,7,12-14H2,(H,23,25). The minimum atomic E-state index is 0.00240. The van der Waals surface area contributed by atoms with Gasteiger partial charge >= 0.3 is 6.03 Å². The highest BCUT2D eigenvalue weighted by Gasteiger charge is 2.27. The Labute approximate surface area is 169 Å². The lowest BCUT2D eigenvalue weighted by Crippen LogP contribution is -2.38. The molecule has 4 rings (SSSR count). The predicted octanol–water partition coefficient (Wildman–Crippen LogP) is 5.71. The van der Waals surface area contributed by atoms with E-state index in [1.807, 2.05) is 65.1 Å². The average molecular weight is 400 g/mol. The van der Waals surface area contributed by atoms with Gasteiger partial charge in [0.05, 0.1) is 10.6 Å². The van der Waals surface area contributed by atoms with Crippen LogP contribution < -0.4 is 5.32 Å². The second-order valence-electron chi connectivity index (χ2n) is 6.97. The lowest BCUT2D eigenvalue weighted by Gasteiger charge is -2.30. The summed E-state index contributed by atoms with van der Waals surface area (Å²) in [7, 11) is 0. The third kappa shape index (κ3) is 4.61. The maximum absolute atomic E-state index is 13.1. The molecule has 0 radical (unpaired) electrons. The SMILES string of the molecule is O=C(Nc1cccc(C2SCCS2)c1)N1CCCCCC1c1ccncc1. The van der Waals surface area contributed by atoms with Crippen molar-refractivity contribution < 1.29 is 4.79 Å². The van der Waals surface area contributed by atoms with Crippen LogP contribution in [0.4, 0.5) is 10.5 Å². The summed E-state index contributed by atoms with van der Waals surface area (Å²) in [5.41, 5.74) is 3.36. The maximum atomic E-state index is 13.1. The van der Waals surface area contributed by atoms with Crippen LogP contribution in [0.15, 0.2) is 48.8 Å². The Morgan fingerprint density at radius 3 is 2.67 bits per heavy atom. The van der Waals surface area contributed by atoms with E-state index in [1.54, 1.807) is 0 Å². The molecule has 27 heavy (non-hydrogen) atoms. The van der Waals surface area contributed by atoms with Crippen molar-refractivity contribution in [2.24, 2.45) is 0 Å². The molecule has 2 fully saturated rings. The smallest absolute Gasteiger partial charge is 0.317 e. The number of urea groups is 1. The van der Waals surface area contributed by atoms with Crippen LogP contribution in [0.1, 0.15) is 47.4 Å². The first-order valence-corrected chi connectivity index (χ1v) is 11.7. The Morgan fingerprint density at radius 1 is 1.04 bits per heavy atom. The number of likely N-dealkylation sites (tertiary alicyclic amines) is 1. The second kappa shape index (κ2) is 9.02. The van der Waals surface area contributed by atoms with Crippen molar-refractivity contribution in [1.29, 1.82) is 0 Å². The van der Waals surface area contributed by atoms with Crippen LogP contribution in [0.25, 0.3) is 0 Å². The van der Waals surface area contributed by atoms with Gasteiger partial charge in [0.25, 0.3) is 0 Å². The van der Waals surface area contributed by atoms with Crippen molar-refractivity contribution in [3.63, 3.8) is 0 Å². The summed E-state index contributed by atoms with van der Waals surface area (Å²) in [4.78, 5) is 19.3. The van der Waals surface area contributed by atoms with Crippen molar-refractivity contribution in [2.45, 2.75) is 36.3 Å². The van der Waals surface area contributed by atoms with E-state index in [9.17, 15) is 4.79 Å². The molecule has 1 unspecified atom stereocenters. The number of rotatable bonds is 3. The molecule has 2 amide bonds. The number of amides is 2. The van der Waals surface area contributed by atoms with Gasteiger partial charge in [0.15, 0.2) is 0 Å². The lowest BCUT2D eigenvalue weighted by molar-refractivity contribution is 0.189. The quantitative estimate of drug-likeness (QED) is 0.718. The first-order chi connectivity index (χ1) is 13.3. The second-order valence-corrected chi connectivity index (χ2v) is 9.69. The van der Waals surface area contributed by atoms with Crippen LogP contribution in [0, 0.1) is 0 Å². The van der Waals surface area contributed by atoms with Gasteiger partial charge in [0.1, 0.15) is 0 Å². The molecule has 4 nitrogen and oxygen atoms in total. The summed E-state index contributed by atoms with van der Waals surface area (Å²) in [6, 6.07) is 12.5. The zero-order chi connectivity index (χ0) is 18.5. The van der Waals surface area contributed by atoms with E-state index >= 15 is 0 Å². The van der Waals surface area contributed by atoms with E-state index in [0.29, 0.717) is 4.58 Å². The molecule has 2 aliphatic rings. The number of anilines is 1. The highest BCUT2D eigenvalue weighted by atomic mass is 32.2. The number of hydrogen-bond donors (Lipinski definition) is 1. The molecule has 0 spiro atoms. The van der Waals surface area contributed by atoms with Gasteiger partial charge in [-0.15, -0.1) is 23.5 Å². The number of nitrogens with zero attached hydrogens (tertiary/aromatic N) is 2. The fourth-order valence-corrected chi connectivity index (χ4v) is 6.63. The van der Waals surface area contributed by atoms with Gasteiger partial charge < -0.3 is 10.2 Å². The van der Waals surface area contributed by atoms with Gasteiger partial charge in [-0.25, -0.2) is 4.79 Å². The normalized spacial score (nSPS) is 21.0. The molecule has 142 valence electrons. The molecule has 0 bridgehead atoms. The molecule has 1 N–H and O–H groups in total. The predicted molar refractivity (Wildman–Crippen MR) is 115 cm³/mol. The Bertz CT molecular complexity index is 765. The number of aromatic nitrogens is 1. The number of thioether (sulfide) groups is 2. The fraction of sp³-hybridized carbons (Fsp3) is 0.429. The highest BCUT2D eigenvalue weighted by Crippen LogP contribution is 2.45. The number of carbonyl (C=O) groups excluding carboxylic acids is 1. The number of nitrogens with one attached hydrogen (secondary N) is 1. The number of pyridine rings is 1. The number of benzene rings is 1. The van der Waals surface area contributed by atoms with Gasteiger partial charge in [-0.1, -0.05) is 25.0 Å². The van der Waals surface area contributed by atoms with E-state index in [1.165, 1.54) is 29.1 Å². The topological polar surface area (TPSA) is 45.2 Å². The molecule has 1 atom stereocenters. The fourth-order valence-electron chi connectivity index (χ4n) is 3.79.